The van der Waals surface area contributed by atoms with Crippen LogP contribution in [-0.2, 0) is 9.59 Å². The van der Waals surface area contributed by atoms with Crippen LogP contribution >= 0.6 is 23.5 Å². The maximum Gasteiger partial charge on any atom is 0.229 e. The van der Waals surface area contributed by atoms with Crippen LogP contribution in [0.15, 0.2) is 0 Å². The molecule has 0 rings (SSSR count). The van der Waals surface area contributed by atoms with Gasteiger partial charge < -0.3 is 10.6 Å². The Kier molecular flexibility index (Phi) is 23.6. The molecule has 0 aliphatic carbocycles. The fourth-order valence-electron chi connectivity index (χ4n) is 2.94. The second kappa shape index (κ2) is 23.9. The fourth-order valence-corrected chi connectivity index (χ4v) is 4.62. The van der Waals surface area contributed by atoms with E-state index in [0.717, 1.165) is 17.9 Å². The summed E-state index contributed by atoms with van der Waals surface area (Å²) in [6.45, 7) is 5.75. The van der Waals surface area contributed by atoms with Crippen LogP contribution in [0.5, 0.6) is 0 Å². The van der Waals surface area contributed by atoms with Gasteiger partial charge in [0.05, 0.1) is 11.5 Å². The molecule has 0 aliphatic heterocycles. The van der Waals surface area contributed by atoms with Crippen molar-refractivity contribution >= 4 is 35.3 Å². The summed E-state index contributed by atoms with van der Waals surface area (Å²) in [6, 6.07) is 0. The molecule has 2 amide bonds. The molecular formula is C23H46N2O2S2. The second-order valence-electron chi connectivity index (χ2n) is 7.69. The summed E-state index contributed by atoms with van der Waals surface area (Å²) in [5.41, 5.74) is 0. The van der Waals surface area contributed by atoms with Gasteiger partial charge in [0, 0.05) is 13.1 Å². The molecule has 0 bridgehead atoms. The molecule has 0 unspecified atom stereocenters. The Hall–Kier alpha value is -0.360. The van der Waals surface area contributed by atoms with Crippen molar-refractivity contribution in [2.45, 2.75) is 97.3 Å². The average Bonchev–Trinajstić information content (AvgIpc) is 2.71. The summed E-state index contributed by atoms with van der Waals surface area (Å²) in [6.07, 6.45) is 16.4. The minimum absolute atomic E-state index is 0.113. The first kappa shape index (κ1) is 28.6. The molecule has 0 aromatic rings. The number of rotatable bonds is 22. The lowest BCUT2D eigenvalue weighted by Crippen LogP contribution is -2.31. The molecule has 172 valence electrons. The van der Waals surface area contributed by atoms with Crippen molar-refractivity contribution in [3.8, 4) is 0 Å². The summed E-state index contributed by atoms with van der Waals surface area (Å²) >= 11 is 3.46. The summed E-state index contributed by atoms with van der Waals surface area (Å²) in [5, 5.41) is 5.88. The predicted molar refractivity (Wildman–Crippen MR) is 132 cm³/mol. The third kappa shape index (κ3) is 23.8. The zero-order chi connectivity index (χ0) is 21.4. The van der Waals surface area contributed by atoms with E-state index in [1.54, 1.807) is 23.5 Å². The second-order valence-corrected chi connectivity index (χ2v) is 9.90. The molecule has 0 saturated carbocycles. The number of unbranched alkanes of at least 4 members (excludes halogenated alkanes) is 10. The van der Waals surface area contributed by atoms with Crippen molar-refractivity contribution < 1.29 is 9.59 Å². The highest BCUT2D eigenvalue weighted by molar-refractivity contribution is 8.00. The molecule has 0 aromatic heterocycles. The number of carbonyl (C=O) groups is 2. The van der Waals surface area contributed by atoms with E-state index >= 15 is 0 Å². The summed E-state index contributed by atoms with van der Waals surface area (Å²) in [7, 11) is 0. The first-order chi connectivity index (χ1) is 14.2. The van der Waals surface area contributed by atoms with E-state index in [9.17, 15) is 9.59 Å². The van der Waals surface area contributed by atoms with Gasteiger partial charge in [0.1, 0.15) is 0 Å². The van der Waals surface area contributed by atoms with Gasteiger partial charge in [-0.25, -0.2) is 0 Å². The molecular weight excluding hydrogens is 400 g/mol. The Morgan fingerprint density at radius 1 is 0.552 bits per heavy atom. The van der Waals surface area contributed by atoms with Crippen LogP contribution in [0.2, 0.25) is 0 Å². The van der Waals surface area contributed by atoms with Gasteiger partial charge in [-0.15, -0.1) is 0 Å². The van der Waals surface area contributed by atoms with Gasteiger partial charge in [-0.1, -0.05) is 78.1 Å². The van der Waals surface area contributed by atoms with Gasteiger partial charge in [0.2, 0.25) is 11.8 Å². The van der Waals surface area contributed by atoms with Gasteiger partial charge in [0.15, 0.2) is 0 Å². The first-order valence-electron chi connectivity index (χ1n) is 11.9. The zero-order valence-electron chi connectivity index (χ0n) is 19.1. The van der Waals surface area contributed by atoms with Crippen LogP contribution in [0.25, 0.3) is 0 Å². The van der Waals surface area contributed by atoms with E-state index < -0.39 is 0 Å². The monoisotopic (exact) mass is 446 g/mol. The fraction of sp³-hybridized carbons (Fsp3) is 0.913. The van der Waals surface area contributed by atoms with E-state index in [0.29, 0.717) is 24.6 Å². The van der Waals surface area contributed by atoms with Gasteiger partial charge in [-0.05, 0) is 30.8 Å². The standard InChI is InChI=1S/C23H46N2O2S2/c1-3-5-7-9-11-13-18-28-20-22(26)24-16-15-17-25-23(27)21-29-19-14-12-10-8-6-4-2/h3-21H2,1-2H3,(H,24,26)(H,25,27). The normalized spacial score (nSPS) is 10.8. The minimum atomic E-state index is 0.113. The minimum Gasteiger partial charge on any atom is -0.355 e. The van der Waals surface area contributed by atoms with Crippen LogP contribution in [0.4, 0.5) is 0 Å². The molecule has 0 radical (unpaired) electrons. The molecule has 0 fully saturated rings. The van der Waals surface area contributed by atoms with Crippen molar-refractivity contribution in [1.29, 1.82) is 0 Å². The molecule has 0 spiro atoms. The largest absolute Gasteiger partial charge is 0.355 e. The van der Waals surface area contributed by atoms with Crippen molar-refractivity contribution in [3.05, 3.63) is 0 Å². The van der Waals surface area contributed by atoms with E-state index in [-0.39, 0.29) is 11.8 Å². The molecule has 4 nitrogen and oxygen atoms in total. The molecule has 0 aliphatic rings. The maximum atomic E-state index is 11.8. The Morgan fingerprint density at radius 3 is 1.34 bits per heavy atom. The molecule has 2 N–H and O–H groups in total. The Bertz CT molecular complexity index is 348. The number of carbonyl (C=O) groups excluding carboxylic acids is 2. The zero-order valence-corrected chi connectivity index (χ0v) is 20.7. The predicted octanol–water partition coefficient (Wildman–Crippen LogP) is 5.80. The number of hydrogen-bond acceptors (Lipinski definition) is 4. The van der Waals surface area contributed by atoms with Crippen molar-refractivity contribution in [3.63, 3.8) is 0 Å². The van der Waals surface area contributed by atoms with Gasteiger partial charge in [-0.3, -0.25) is 9.59 Å². The number of nitrogens with one attached hydrogen (secondary N) is 2. The summed E-state index contributed by atoms with van der Waals surface area (Å²) in [4.78, 5) is 23.6. The van der Waals surface area contributed by atoms with Crippen LogP contribution in [0, 0.1) is 0 Å². The first-order valence-corrected chi connectivity index (χ1v) is 14.2. The maximum absolute atomic E-state index is 11.8. The topological polar surface area (TPSA) is 58.2 Å². The smallest absolute Gasteiger partial charge is 0.229 e. The molecule has 0 heterocycles. The van der Waals surface area contributed by atoms with Crippen LogP contribution in [-0.4, -0.2) is 47.9 Å². The van der Waals surface area contributed by atoms with Crippen LogP contribution in [0.1, 0.15) is 97.3 Å². The number of hydrogen-bond donors (Lipinski definition) is 2. The molecule has 29 heavy (non-hydrogen) atoms. The van der Waals surface area contributed by atoms with Gasteiger partial charge in [0.25, 0.3) is 0 Å². The highest BCUT2D eigenvalue weighted by atomic mass is 32.2. The Morgan fingerprint density at radius 2 is 0.931 bits per heavy atom. The lowest BCUT2D eigenvalue weighted by Gasteiger charge is -2.07. The number of thioether (sulfide) groups is 2. The quantitative estimate of drug-likeness (QED) is 0.206. The lowest BCUT2D eigenvalue weighted by molar-refractivity contribution is -0.118. The van der Waals surface area contributed by atoms with E-state index in [2.05, 4.69) is 24.5 Å². The SMILES string of the molecule is CCCCCCCCSCC(=O)NCCCNC(=O)CSCCCCCCCC. The summed E-state index contributed by atoms with van der Waals surface area (Å²) < 4.78 is 0. The highest BCUT2D eigenvalue weighted by Crippen LogP contribution is 2.10. The van der Waals surface area contributed by atoms with Crippen LogP contribution in [0.3, 0.4) is 0 Å². The molecule has 0 saturated heterocycles. The highest BCUT2D eigenvalue weighted by Gasteiger charge is 2.03. The third-order valence-electron chi connectivity index (χ3n) is 4.75. The van der Waals surface area contributed by atoms with E-state index in [4.69, 9.17) is 0 Å². The van der Waals surface area contributed by atoms with Crippen molar-refractivity contribution in [1.82, 2.24) is 10.6 Å². The lowest BCUT2D eigenvalue weighted by atomic mass is 10.1. The molecule has 6 heteroatoms. The van der Waals surface area contributed by atoms with E-state index in [1.807, 2.05) is 0 Å². The average molecular weight is 447 g/mol. The Labute approximate surface area is 188 Å². The molecule has 0 atom stereocenters. The van der Waals surface area contributed by atoms with Crippen LogP contribution < -0.4 is 10.6 Å². The van der Waals surface area contributed by atoms with Crippen molar-refractivity contribution in [2.75, 3.05) is 36.1 Å². The van der Waals surface area contributed by atoms with E-state index in [1.165, 1.54) is 77.0 Å². The van der Waals surface area contributed by atoms with Crippen molar-refractivity contribution in [2.24, 2.45) is 0 Å². The Balaban J connectivity index is 3.29. The summed E-state index contributed by atoms with van der Waals surface area (Å²) in [5.74, 6) is 3.48. The van der Waals surface area contributed by atoms with Gasteiger partial charge in [-0.2, -0.15) is 23.5 Å². The number of amides is 2. The molecule has 0 aromatic carbocycles. The van der Waals surface area contributed by atoms with Gasteiger partial charge >= 0.3 is 0 Å². The third-order valence-corrected chi connectivity index (χ3v) is 6.84.